The number of pyridine rings is 1. The van der Waals surface area contributed by atoms with E-state index < -0.39 is 0 Å². The molecule has 1 amide bonds. The van der Waals surface area contributed by atoms with Crippen LogP contribution in [0.4, 0.5) is 0 Å². The van der Waals surface area contributed by atoms with Crippen LogP contribution in [-0.4, -0.2) is 21.1 Å². The molecule has 0 fully saturated rings. The molecular weight excluding hydrogens is 240 g/mol. The van der Waals surface area contributed by atoms with Crippen molar-refractivity contribution in [3.63, 3.8) is 0 Å². The van der Waals surface area contributed by atoms with Crippen molar-refractivity contribution in [2.24, 2.45) is 0 Å². The van der Waals surface area contributed by atoms with Crippen LogP contribution >= 0.6 is 11.6 Å². The smallest absolute Gasteiger partial charge is 0.254 e. The van der Waals surface area contributed by atoms with E-state index in [1.165, 1.54) is 12.4 Å². The zero-order valence-electron chi connectivity index (χ0n) is 8.80. The summed E-state index contributed by atoms with van der Waals surface area (Å²) in [6, 6.07) is 5.10. The number of hydrogen-bond donors (Lipinski definition) is 1. The van der Waals surface area contributed by atoms with Crippen LogP contribution in [0.5, 0.6) is 0 Å². The highest BCUT2D eigenvalue weighted by molar-refractivity contribution is 6.33. The maximum absolute atomic E-state index is 11.8. The number of carbonyl (C=O) groups is 1. The van der Waals surface area contributed by atoms with Crippen molar-refractivity contribution in [3.05, 3.63) is 53.1 Å². The molecule has 2 heterocycles. The van der Waals surface area contributed by atoms with E-state index in [2.05, 4.69) is 20.5 Å². The van der Waals surface area contributed by atoms with Crippen LogP contribution < -0.4 is 5.32 Å². The number of carbonyl (C=O) groups excluding carboxylic acids is 1. The molecule has 2 aromatic heterocycles. The second-order valence-electron chi connectivity index (χ2n) is 3.25. The van der Waals surface area contributed by atoms with Gasteiger partial charge >= 0.3 is 0 Å². The van der Waals surface area contributed by atoms with Crippen LogP contribution in [0.3, 0.4) is 0 Å². The Kier molecular flexibility index (Phi) is 3.62. The van der Waals surface area contributed by atoms with E-state index in [1.807, 2.05) is 0 Å². The minimum Gasteiger partial charge on any atom is -0.346 e. The highest BCUT2D eigenvalue weighted by atomic mass is 35.5. The van der Waals surface area contributed by atoms with Gasteiger partial charge in [0.05, 0.1) is 22.8 Å². The van der Waals surface area contributed by atoms with Crippen molar-refractivity contribution in [1.82, 2.24) is 20.5 Å². The molecule has 0 aliphatic carbocycles. The van der Waals surface area contributed by atoms with Crippen LogP contribution in [0, 0.1) is 0 Å². The highest BCUT2D eigenvalue weighted by Gasteiger charge is 2.09. The van der Waals surface area contributed by atoms with Gasteiger partial charge < -0.3 is 5.32 Å². The first-order valence-electron chi connectivity index (χ1n) is 4.91. The van der Waals surface area contributed by atoms with Gasteiger partial charge in [-0.25, -0.2) is 0 Å². The number of aromatic nitrogens is 3. The lowest BCUT2D eigenvalue weighted by atomic mass is 10.2. The van der Waals surface area contributed by atoms with E-state index in [1.54, 1.807) is 24.4 Å². The van der Waals surface area contributed by atoms with Gasteiger partial charge in [0, 0.05) is 18.6 Å². The molecule has 1 N–H and O–H groups in total. The van der Waals surface area contributed by atoms with Crippen LogP contribution in [-0.2, 0) is 6.54 Å². The summed E-state index contributed by atoms with van der Waals surface area (Å²) in [4.78, 5) is 15.6. The van der Waals surface area contributed by atoms with Gasteiger partial charge in [0.15, 0.2) is 0 Å². The quantitative estimate of drug-likeness (QED) is 0.893. The fraction of sp³-hybridized carbons (Fsp3) is 0.0909. The van der Waals surface area contributed by atoms with Gasteiger partial charge in [0.1, 0.15) is 0 Å². The molecule has 0 saturated carbocycles. The zero-order chi connectivity index (χ0) is 12.1. The van der Waals surface area contributed by atoms with Gasteiger partial charge in [-0.05, 0) is 18.2 Å². The zero-order valence-corrected chi connectivity index (χ0v) is 9.55. The molecule has 0 aliphatic rings. The number of halogens is 1. The predicted molar refractivity (Wildman–Crippen MR) is 62.4 cm³/mol. The molecule has 2 rings (SSSR count). The summed E-state index contributed by atoms with van der Waals surface area (Å²) in [7, 11) is 0. The molecule has 17 heavy (non-hydrogen) atoms. The molecule has 0 radical (unpaired) electrons. The van der Waals surface area contributed by atoms with E-state index in [0.717, 1.165) is 0 Å². The third-order valence-electron chi connectivity index (χ3n) is 2.07. The first-order valence-corrected chi connectivity index (χ1v) is 5.29. The lowest BCUT2D eigenvalue weighted by molar-refractivity contribution is 0.0950. The van der Waals surface area contributed by atoms with Crippen LogP contribution in [0.15, 0.2) is 36.8 Å². The summed E-state index contributed by atoms with van der Waals surface area (Å²) < 4.78 is 0. The van der Waals surface area contributed by atoms with Crippen molar-refractivity contribution in [1.29, 1.82) is 0 Å². The Morgan fingerprint density at radius 3 is 2.94 bits per heavy atom. The fourth-order valence-corrected chi connectivity index (χ4v) is 1.43. The minimum atomic E-state index is -0.284. The molecule has 2 aromatic rings. The maximum atomic E-state index is 11.8. The van der Waals surface area contributed by atoms with Gasteiger partial charge in [0.25, 0.3) is 5.91 Å². The van der Waals surface area contributed by atoms with Gasteiger partial charge in [-0.15, -0.1) is 0 Å². The topological polar surface area (TPSA) is 67.8 Å². The second-order valence-corrected chi connectivity index (χ2v) is 3.66. The Morgan fingerprint density at radius 2 is 2.24 bits per heavy atom. The summed E-state index contributed by atoms with van der Waals surface area (Å²) in [6.07, 6.45) is 4.53. The predicted octanol–water partition coefficient (Wildman–Crippen LogP) is 1.46. The normalized spacial score (nSPS) is 9.94. The molecule has 0 bridgehead atoms. The molecule has 0 saturated heterocycles. The lowest BCUT2D eigenvalue weighted by Crippen LogP contribution is -2.23. The third-order valence-corrected chi connectivity index (χ3v) is 2.40. The first kappa shape index (κ1) is 11.5. The molecule has 0 spiro atoms. The number of amides is 1. The fourth-order valence-electron chi connectivity index (χ4n) is 1.24. The van der Waals surface area contributed by atoms with Crippen LogP contribution in [0.2, 0.25) is 5.02 Å². The molecule has 0 aliphatic heterocycles. The average molecular weight is 249 g/mol. The summed E-state index contributed by atoms with van der Waals surface area (Å²) in [6.45, 7) is 0.303. The SMILES string of the molecule is O=C(NCc1cccnn1)c1cnccc1Cl. The molecule has 6 heteroatoms. The minimum absolute atomic E-state index is 0.284. The van der Waals surface area contributed by atoms with Crippen molar-refractivity contribution in [2.45, 2.75) is 6.54 Å². The monoisotopic (exact) mass is 248 g/mol. The highest BCUT2D eigenvalue weighted by Crippen LogP contribution is 2.12. The first-order chi connectivity index (χ1) is 8.27. The van der Waals surface area contributed by atoms with Gasteiger partial charge in [0.2, 0.25) is 0 Å². The third kappa shape index (κ3) is 2.98. The molecular formula is C11H9ClN4O. The summed E-state index contributed by atoms with van der Waals surface area (Å²) >= 11 is 5.87. The van der Waals surface area contributed by atoms with Crippen LogP contribution in [0.25, 0.3) is 0 Å². The lowest BCUT2D eigenvalue weighted by Gasteiger charge is -2.04. The van der Waals surface area contributed by atoms with E-state index >= 15 is 0 Å². The molecule has 0 atom stereocenters. The Labute approximate surface area is 103 Å². The second kappa shape index (κ2) is 5.36. The summed E-state index contributed by atoms with van der Waals surface area (Å²) in [5.74, 6) is -0.284. The summed E-state index contributed by atoms with van der Waals surface area (Å²) in [5.41, 5.74) is 1.03. The van der Waals surface area contributed by atoms with E-state index in [4.69, 9.17) is 11.6 Å². The van der Waals surface area contributed by atoms with E-state index in [0.29, 0.717) is 22.8 Å². The standard InChI is InChI=1S/C11H9ClN4O/c12-10-3-5-13-7-9(10)11(17)14-6-8-2-1-4-15-16-8/h1-5,7H,6H2,(H,14,17). The number of nitrogens with zero attached hydrogens (tertiary/aromatic N) is 3. The van der Waals surface area contributed by atoms with Gasteiger partial charge in [-0.3, -0.25) is 9.78 Å². The van der Waals surface area contributed by atoms with Crippen molar-refractivity contribution >= 4 is 17.5 Å². The van der Waals surface area contributed by atoms with Crippen molar-refractivity contribution in [2.75, 3.05) is 0 Å². The Hall–Kier alpha value is -2.01. The molecule has 0 unspecified atom stereocenters. The maximum Gasteiger partial charge on any atom is 0.254 e. The molecule has 0 aromatic carbocycles. The van der Waals surface area contributed by atoms with Gasteiger partial charge in [-0.1, -0.05) is 11.6 Å². The van der Waals surface area contributed by atoms with E-state index in [9.17, 15) is 4.79 Å². The van der Waals surface area contributed by atoms with Crippen molar-refractivity contribution in [3.8, 4) is 0 Å². The van der Waals surface area contributed by atoms with Gasteiger partial charge in [-0.2, -0.15) is 10.2 Å². The number of hydrogen-bond acceptors (Lipinski definition) is 4. The Bertz CT molecular complexity index is 518. The molecule has 5 nitrogen and oxygen atoms in total. The van der Waals surface area contributed by atoms with E-state index in [-0.39, 0.29) is 5.91 Å². The van der Waals surface area contributed by atoms with Crippen LogP contribution in [0.1, 0.15) is 16.1 Å². The largest absolute Gasteiger partial charge is 0.346 e. The Balaban J connectivity index is 2.01. The number of nitrogens with one attached hydrogen (secondary N) is 1. The molecule has 86 valence electrons. The van der Waals surface area contributed by atoms with Crippen molar-refractivity contribution < 1.29 is 4.79 Å². The average Bonchev–Trinajstić information content (AvgIpc) is 2.38. The number of rotatable bonds is 3. The Morgan fingerprint density at radius 1 is 1.35 bits per heavy atom. The summed E-state index contributed by atoms with van der Waals surface area (Å²) in [5, 5.41) is 10.6.